The van der Waals surface area contributed by atoms with E-state index in [1.807, 2.05) is 34.6 Å². The van der Waals surface area contributed by atoms with Crippen LogP contribution < -0.4 is 10.7 Å². The molecule has 2 rings (SSSR count). The van der Waals surface area contributed by atoms with Crippen molar-refractivity contribution in [3.63, 3.8) is 0 Å². The van der Waals surface area contributed by atoms with Crippen LogP contribution in [0.1, 0.15) is 80.6 Å². The summed E-state index contributed by atoms with van der Waals surface area (Å²) in [7, 11) is 0. The zero-order valence-corrected chi connectivity index (χ0v) is 16.5. The fourth-order valence-corrected chi connectivity index (χ4v) is 3.16. The largest absolute Gasteiger partial charge is 0.352 e. The number of nitrogens with zero attached hydrogens (tertiary/aromatic N) is 2. The Morgan fingerprint density at radius 2 is 1.81 bits per heavy atom. The molecule has 1 aliphatic heterocycles. The standard InChI is InChI=1S/C20H31N3O3/c1-13(2)10-21-19(25)16-11-22(14(3)4)12-17(18(16)24)20(26)23-9-7-6-8-15(23)5/h11-15H,6-10H2,1-5H3,(H,21,25)/t15-/m0/s1. The third-order valence-electron chi connectivity index (χ3n) is 4.85. The maximum absolute atomic E-state index is 13.0. The molecular weight excluding hydrogens is 330 g/mol. The van der Waals surface area contributed by atoms with Gasteiger partial charge in [0.2, 0.25) is 5.43 Å². The number of pyridine rings is 1. The average molecular weight is 361 g/mol. The van der Waals surface area contributed by atoms with Gasteiger partial charge >= 0.3 is 0 Å². The van der Waals surface area contributed by atoms with E-state index in [1.165, 1.54) is 0 Å². The summed E-state index contributed by atoms with van der Waals surface area (Å²) in [4.78, 5) is 40.2. The van der Waals surface area contributed by atoms with Crippen LogP contribution in [-0.4, -0.2) is 40.4 Å². The molecule has 0 saturated carbocycles. The number of piperidine rings is 1. The number of hydrogen-bond acceptors (Lipinski definition) is 3. The summed E-state index contributed by atoms with van der Waals surface area (Å²) in [5, 5.41) is 2.78. The molecule has 1 N–H and O–H groups in total. The molecule has 6 nitrogen and oxygen atoms in total. The second-order valence-corrected chi connectivity index (χ2v) is 7.90. The molecule has 1 fully saturated rings. The number of likely N-dealkylation sites (tertiary alicyclic amines) is 1. The van der Waals surface area contributed by atoms with Gasteiger partial charge in [-0.15, -0.1) is 0 Å². The van der Waals surface area contributed by atoms with Gasteiger partial charge in [0, 0.05) is 37.6 Å². The number of nitrogens with one attached hydrogen (secondary N) is 1. The van der Waals surface area contributed by atoms with E-state index in [-0.39, 0.29) is 35.0 Å². The molecule has 2 heterocycles. The van der Waals surface area contributed by atoms with Crippen molar-refractivity contribution in [2.45, 2.75) is 66.0 Å². The molecule has 0 radical (unpaired) electrons. The van der Waals surface area contributed by atoms with Crippen molar-refractivity contribution < 1.29 is 9.59 Å². The summed E-state index contributed by atoms with van der Waals surface area (Å²) in [6.45, 7) is 11.0. The first-order valence-corrected chi connectivity index (χ1v) is 9.57. The first kappa shape index (κ1) is 20.2. The topological polar surface area (TPSA) is 71.4 Å². The van der Waals surface area contributed by atoms with E-state index < -0.39 is 11.3 Å². The van der Waals surface area contributed by atoms with Gasteiger partial charge in [-0.2, -0.15) is 0 Å². The second-order valence-electron chi connectivity index (χ2n) is 7.90. The van der Waals surface area contributed by atoms with Crippen LogP contribution in [-0.2, 0) is 0 Å². The van der Waals surface area contributed by atoms with Crippen LogP contribution in [0, 0.1) is 5.92 Å². The number of carbonyl (C=O) groups is 2. The number of amides is 2. The fourth-order valence-electron chi connectivity index (χ4n) is 3.16. The van der Waals surface area contributed by atoms with Crippen LogP contribution in [0.4, 0.5) is 0 Å². The second kappa shape index (κ2) is 8.52. The lowest BCUT2D eigenvalue weighted by Crippen LogP contribution is -2.44. The maximum atomic E-state index is 13.0. The Hall–Kier alpha value is -2.11. The maximum Gasteiger partial charge on any atom is 0.259 e. The van der Waals surface area contributed by atoms with Crippen LogP contribution in [0.25, 0.3) is 0 Å². The Balaban J connectivity index is 2.43. The molecule has 144 valence electrons. The molecule has 2 amide bonds. The normalized spacial score (nSPS) is 17.7. The Labute approximate surface area is 155 Å². The molecule has 6 heteroatoms. The molecule has 0 bridgehead atoms. The summed E-state index contributed by atoms with van der Waals surface area (Å²) in [5.41, 5.74) is -0.356. The molecule has 0 spiro atoms. The Bertz CT molecular complexity index is 722. The van der Waals surface area contributed by atoms with Crippen LogP contribution in [0.15, 0.2) is 17.2 Å². The number of hydrogen-bond donors (Lipinski definition) is 1. The van der Waals surface area contributed by atoms with E-state index in [1.54, 1.807) is 21.9 Å². The average Bonchev–Trinajstić information content (AvgIpc) is 2.59. The highest BCUT2D eigenvalue weighted by Crippen LogP contribution is 2.19. The lowest BCUT2D eigenvalue weighted by Gasteiger charge is -2.33. The predicted octanol–water partition coefficient (Wildman–Crippen LogP) is 2.83. The van der Waals surface area contributed by atoms with Crippen LogP contribution >= 0.6 is 0 Å². The highest BCUT2D eigenvalue weighted by atomic mass is 16.2. The Morgan fingerprint density at radius 1 is 1.15 bits per heavy atom. The van der Waals surface area contributed by atoms with Crippen LogP contribution in [0.2, 0.25) is 0 Å². The third kappa shape index (κ3) is 4.54. The zero-order chi connectivity index (χ0) is 19.4. The quantitative estimate of drug-likeness (QED) is 0.876. The van der Waals surface area contributed by atoms with Gasteiger partial charge in [0.25, 0.3) is 11.8 Å². The summed E-state index contributed by atoms with van der Waals surface area (Å²) < 4.78 is 1.77. The first-order chi connectivity index (χ1) is 12.2. The van der Waals surface area contributed by atoms with Gasteiger partial charge in [0.1, 0.15) is 11.1 Å². The monoisotopic (exact) mass is 361 g/mol. The summed E-state index contributed by atoms with van der Waals surface area (Å²) in [5.74, 6) is -0.403. The SMILES string of the molecule is CC(C)CNC(=O)c1cn(C(C)C)cc(C(=O)N2CCCC[C@@H]2C)c1=O. The van der Waals surface area contributed by atoms with Crippen LogP contribution in [0.5, 0.6) is 0 Å². The molecule has 1 aromatic rings. The summed E-state index contributed by atoms with van der Waals surface area (Å²) in [6, 6.07) is 0.152. The first-order valence-electron chi connectivity index (χ1n) is 9.57. The third-order valence-corrected chi connectivity index (χ3v) is 4.85. The van der Waals surface area contributed by atoms with Gasteiger partial charge < -0.3 is 14.8 Å². The lowest BCUT2D eigenvalue weighted by molar-refractivity contribution is 0.0633. The van der Waals surface area contributed by atoms with Gasteiger partial charge in [0.05, 0.1) is 0 Å². The van der Waals surface area contributed by atoms with Gasteiger partial charge in [-0.1, -0.05) is 13.8 Å². The van der Waals surface area contributed by atoms with Gasteiger partial charge in [-0.25, -0.2) is 0 Å². The van der Waals surface area contributed by atoms with E-state index >= 15 is 0 Å². The number of carbonyl (C=O) groups excluding carboxylic acids is 2. The highest BCUT2D eigenvalue weighted by molar-refractivity contribution is 5.99. The Morgan fingerprint density at radius 3 is 2.38 bits per heavy atom. The minimum absolute atomic E-state index is 0.0369. The van der Waals surface area contributed by atoms with E-state index in [0.29, 0.717) is 13.1 Å². The Kier molecular flexibility index (Phi) is 6.62. The van der Waals surface area contributed by atoms with Gasteiger partial charge in [0.15, 0.2) is 0 Å². The minimum Gasteiger partial charge on any atom is -0.352 e. The number of rotatable bonds is 5. The van der Waals surface area contributed by atoms with E-state index in [2.05, 4.69) is 5.32 Å². The molecular formula is C20H31N3O3. The molecule has 1 saturated heterocycles. The van der Waals surface area contributed by atoms with E-state index in [0.717, 1.165) is 19.3 Å². The van der Waals surface area contributed by atoms with Gasteiger partial charge in [-0.3, -0.25) is 14.4 Å². The molecule has 1 atom stereocenters. The summed E-state index contributed by atoms with van der Waals surface area (Å²) >= 11 is 0. The van der Waals surface area contributed by atoms with Crippen molar-refractivity contribution in [3.05, 3.63) is 33.7 Å². The van der Waals surface area contributed by atoms with E-state index in [4.69, 9.17) is 0 Å². The molecule has 1 aromatic heterocycles. The van der Waals surface area contributed by atoms with Crippen molar-refractivity contribution in [3.8, 4) is 0 Å². The fraction of sp³-hybridized carbons (Fsp3) is 0.650. The predicted molar refractivity (Wildman–Crippen MR) is 103 cm³/mol. The molecule has 0 aliphatic carbocycles. The molecule has 0 aromatic carbocycles. The smallest absolute Gasteiger partial charge is 0.259 e. The van der Waals surface area contributed by atoms with E-state index in [9.17, 15) is 14.4 Å². The highest BCUT2D eigenvalue weighted by Gasteiger charge is 2.28. The molecule has 0 unspecified atom stereocenters. The minimum atomic E-state index is -0.481. The van der Waals surface area contributed by atoms with Crippen molar-refractivity contribution in [1.82, 2.24) is 14.8 Å². The summed E-state index contributed by atoms with van der Waals surface area (Å²) in [6.07, 6.45) is 6.13. The van der Waals surface area contributed by atoms with Crippen molar-refractivity contribution in [2.24, 2.45) is 5.92 Å². The number of aromatic nitrogens is 1. The molecule has 26 heavy (non-hydrogen) atoms. The molecule has 1 aliphatic rings. The zero-order valence-electron chi connectivity index (χ0n) is 16.5. The van der Waals surface area contributed by atoms with Crippen molar-refractivity contribution in [2.75, 3.05) is 13.1 Å². The van der Waals surface area contributed by atoms with Gasteiger partial charge in [-0.05, 0) is 46.0 Å². The lowest BCUT2D eigenvalue weighted by atomic mass is 10.0. The van der Waals surface area contributed by atoms with Crippen molar-refractivity contribution in [1.29, 1.82) is 0 Å². The van der Waals surface area contributed by atoms with Crippen molar-refractivity contribution >= 4 is 11.8 Å². The van der Waals surface area contributed by atoms with Crippen LogP contribution in [0.3, 0.4) is 0 Å².